The first-order chi connectivity index (χ1) is 16.4. The molecular weight excluding hydrogens is 444 g/mol. The lowest BCUT2D eigenvalue weighted by atomic mass is 10.1. The monoisotopic (exact) mass is 474 g/mol. The van der Waals surface area contributed by atoms with Crippen LogP contribution >= 0.6 is 0 Å². The molecule has 0 saturated carbocycles. The maximum absolute atomic E-state index is 12.4. The number of rotatable bonds is 11. The SMILES string of the molecule is COc1ccc(CN2CC(COc3ccc(NC(C)=O)c(C(OC)OC)c3)OC2=O)cc1OC. The van der Waals surface area contributed by atoms with Crippen LogP contribution in [0.2, 0.25) is 0 Å². The highest BCUT2D eigenvalue weighted by molar-refractivity contribution is 5.89. The number of ether oxygens (including phenoxy) is 6. The largest absolute Gasteiger partial charge is 0.493 e. The van der Waals surface area contributed by atoms with Crippen LogP contribution in [0.15, 0.2) is 36.4 Å². The van der Waals surface area contributed by atoms with Gasteiger partial charge in [-0.3, -0.25) is 4.79 Å². The quantitative estimate of drug-likeness (QED) is 0.495. The van der Waals surface area contributed by atoms with Crippen LogP contribution in [-0.4, -0.2) is 64.6 Å². The maximum Gasteiger partial charge on any atom is 0.410 e. The van der Waals surface area contributed by atoms with E-state index in [1.165, 1.54) is 21.1 Å². The van der Waals surface area contributed by atoms with Crippen molar-refractivity contribution in [3.63, 3.8) is 0 Å². The molecule has 0 spiro atoms. The van der Waals surface area contributed by atoms with Gasteiger partial charge in [-0.25, -0.2) is 4.79 Å². The molecule has 1 saturated heterocycles. The summed E-state index contributed by atoms with van der Waals surface area (Å²) >= 11 is 0. The Morgan fingerprint density at radius 2 is 1.82 bits per heavy atom. The zero-order valence-corrected chi connectivity index (χ0v) is 20.0. The summed E-state index contributed by atoms with van der Waals surface area (Å²) in [5.74, 6) is 1.52. The molecule has 1 fully saturated rings. The van der Waals surface area contributed by atoms with E-state index in [4.69, 9.17) is 28.4 Å². The molecule has 1 heterocycles. The molecule has 1 aliphatic rings. The summed E-state index contributed by atoms with van der Waals surface area (Å²) in [4.78, 5) is 25.5. The Morgan fingerprint density at radius 1 is 1.09 bits per heavy atom. The maximum atomic E-state index is 12.4. The summed E-state index contributed by atoms with van der Waals surface area (Å²) in [6.07, 6.45) is -1.54. The number of hydrogen-bond acceptors (Lipinski definition) is 8. The number of cyclic esters (lactones) is 1. The van der Waals surface area contributed by atoms with Gasteiger partial charge in [-0.2, -0.15) is 0 Å². The number of amides is 2. The molecule has 10 nitrogen and oxygen atoms in total. The third-order valence-electron chi connectivity index (χ3n) is 5.22. The molecule has 0 radical (unpaired) electrons. The molecular formula is C24H30N2O8. The Labute approximate surface area is 198 Å². The second-order valence-corrected chi connectivity index (χ2v) is 7.62. The van der Waals surface area contributed by atoms with Crippen LogP contribution in [0.1, 0.15) is 24.3 Å². The van der Waals surface area contributed by atoms with E-state index in [0.717, 1.165) is 5.56 Å². The van der Waals surface area contributed by atoms with Crippen LogP contribution in [0.5, 0.6) is 17.2 Å². The molecule has 1 aliphatic heterocycles. The van der Waals surface area contributed by atoms with Gasteiger partial charge in [-0.05, 0) is 35.9 Å². The van der Waals surface area contributed by atoms with Crippen molar-refractivity contribution in [3.05, 3.63) is 47.5 Å². The molecule has 2 amide bonds. The van der Waals surface area contributed by atoms with Gasteiger partial charge in [0.15, 0.2) is 23.9 Å². The molecule has 3 rings (SSSR count). The highest BCUT2D eigenvalue weighted by Crippen LogP contribution is 2.31. The molecule has 1 atom stereocenters. The van der Waals surface area contributed by atoms with Gasteiger partial charge in [0, 0.05) is 38.9 Å². The Hall–Kier alpha value is -3.50. The Bertz CT molecular complexity index is 1010. The van der Waals surface area contributed by atoms with Crippen molar-refractivity contribution >= 4 is 17.7 Å². The lowest BCUT2D eigenvalue weighted by molar-refractivity contribution is -0.114. The predicted molar refractivity (Wildman–Crippen MR) is 123 cm³/mol. The summed E-state index contributed by atoms with van der Waals surface area (Å²) in [6.45, 7) is 2.33. The van der Waals surface area contributed by atoms with Crippen LogP contribution in [0, 0.1) is 0 Å². The van der Waals surface area contributed by atoms with E-state index in [1.807, 2.05) is 12.1 Å². The van der Waals surface area contributed by atoms with Crippen molar-refractivity contribution in [1.82, 2.24) is 4.90 Å². The summed E-state index contributed by atoms with van der Waals surface area (Å²) in [7, 11) is 6.14. The van der Waals surface area contributed by atoms with E-state index in [1.54, 1.807) is 43.4 Å². The number of nitrogens with zero attached hydrogens (tertiary/aromatic N) is 1. The molecule has 2 aromatic rings. The normalized spacial score (nSPS) is 15.3. The van der Waals surface area contributed by atoms with E-state index in [9.17, 15) is 9.59 Å². The highest BCUT2D eigenvalue weighted by atomic mass is 16.7. The highest BCUT2D eigenvalue weighted by Gasteiger charge is 2.32. The minimum absolute atomic E-state index is 0.164. The van der Waals surface area contributed by atoms with Crippen molar-refractivity contribution in [2.24, 2.45) is 0 Å². The number of methoxy groups -OCH3 is 4. The van der Waals surface area contributed by atoms with Crippen LogP contribution in [0.25, 0.3) is 0 Å². The van der Waals surface area contributed by atoms with Crippen molar-refractivity contribution in [1.29, 1.82) is 0 Å². The Morgan fingerprint density at radius 3 is 2.47 bits per heavy atom. The fraction of sp³-hybridized carbons (Fsp3) is 0.417. The number of benzene rings is 2. The predicted octanol–water partition coefficient (Wildman–Crippen LogP) is 3.35. The fourth-order valence-electron chi connectivity index (χ4n) is 3.66. The van der Waals surface area contributed by atoms with Crippen molar-refractivity contribution in [2.45, 2.75) is 25.9 Å². The number of carbonyl (C=O) groups excluding carboxylic acids is 2. The topological polar surface area (TPSA) is 105 Å². The fourth-order valence-corrected chi connectivity index (χ4v) is 3.66. The van der Waals surface area contributed by atoms with E-state index in [0.29, 0.717) is 41.6 Å². The zero-order chi connectivity index (χ0) is 24.7. The van der Waals surface area contributed by atoms with E-state index in [2.05, 4.69) is 5.32 Å². The molecule has 0 aliphatic carbocycles. The van der Waals surface area contributed by atoms with Crippen molar-refractivity contribution in [3.8, 4) is 17.2 Å². The third-order valence-corrected chi connectivity index (χ3v) is 5.22. The smallest absolute Gasteiger partial charge is 0.410 e. The van der Waals surface area contributed by atoms with Gasteiger partial charge in [0.05, 0.1) is 20.8 Å². The third kappa shape index (κ3) is 6.09. The zero-order valence-electron chi connectivity index (χ0n) is 20.0. The average Bonchev–Trinajstić information content (AvgIpc) is 3.18. The number of hydrogen-bond donors (Lipinski definition) is 1. The molecule has 1 N–H and O–H groups in total. The molecule has 10 heteroatoms. The second-order valence-electron chi connectivity index (χ2n) is 7.62. The van der Waals surface area contributed by atoms with Gasteiger partial charge in [0.1, 0.15) is 12.4 Å². The van der Waals surface area contributed by atoms with Gasteiger partial charge in [-0.1, -0.05) is 6.07 Å². The van der Waals surface area contributed by atoms with Crippen LogP contribution < -0.4 is 19.5 Å². The van der Waals surface area contributed by atoms with Crippen LogP contribution in [-0.2, 0) is 25.5 Å². The van der Waals surface area contributed by atoms with Gasteiger partial charge >= 0.3 is 6.09 Å². The first-order valence-corrected chi connectivity index (χ1v) is 10.6. The standard InChI is InChI=1S/C24H30N2O8/c1-15(27)25-20-8-7-17(11-19(20)23(31-4)32-5)33-14-18-13-26(24(28)34-18)12-16-6-9-21(29-2)22(10-16)30-3/h6-11,18,23H,12-14H2,1-5H3,(H,25,27). The molecule has 34 heavy (non-hydrogen) atoms. The van der Waals surface area contributed by atoms with Crippen molar-refractivity contribution in [2.75, 3.05) is 46.9 Å². The van der Waals surface area contributed by atoms with E-state index < -0.39 is 18.5 Å². The minimum atomic E-state index is -0.688. The van der Waals surface area contributed by atoms with Crippen LogP contribution in [0.3, 0.4) is 0 Å². The summed E-state index contributed by atoms with van der Waals surface area (Å²) in [5, 5.41) is 2.75. The van der Waals surface area contributed by atoms with Gasteiger partial charge in [-0.15, -0.1) is 0 Å². The van der Waals surface area contributed by atoms with E-state index in [-0.39, 0.29) is 12.5 Å². The molecule has 0 aromatic heterocycles. The first-order valence-electron chi connectivity index (χ1n) is 10.6. The first kappa shape index (κ1) is 25.1. The number of anilines is 1. The lowest BCUT2D eigenvalue weighted by Crippen LogP contribution is -2.26. The molecule has 2 aromatic carbocycles. The lowest BCUT2D eigenvalue weighted by Gasteiger charge is -2.19. The number of carbonyl (C=O) groups is 2. The van der Waals surface area contributed by atoms with Crippen molar-refractivity contribution < 1.29 is 38.0 Å². The second kappa shape index (κ2) is 11.6. The summed E-state index contributed by atoms with van der Waals surface area (Å²) < 4.78 is 32.6. The van der Waals surface area contributed by atoms with Gasteiger partial charge < -0.3 is 38.6 Å². The van der Waals surface area contributed by atoms with Gasteiger partial charge in [0.2, 0.25) is 5.91 Å². The Kier molecular flexibility index (Phi) is 8.55. The molecule has 1 unspecified atom stereocenters. The molecule has 0 bridgehead atoms. The van der Waals surface area contributed by atoms with Crippen LogP contribution in [0.4, 0.5) is 10.5 Å². The molecule has 184 valence electrons. The van der Waals surface area contributed by atoms with E-state index >= 15 is 0 Å². The Balaban J connectivity index is 1.63. The average molecular weight is 475 g/mol. The minimum Gasteiger partial charge on any atom is -0.493 e. The summed E-state index contributed by atoms with van der Waals surface area (Å²) in [5.41, 5.74) is 2.05. The van der Waals surface area contributed by atoms with Gasteiger partial charge in [0.25, 0.3) is 0 Å². The number of nitrogens with one attached hydrogen (secondary N) is 1. The summed E-state index contributed by atoms with van der Waals surface area (Å²) in [6, 6.07) is 10.7.